The molecule has 1 aromatic heterocycles. The monoisotopic (exact) mass is 628 g/mol. The Bertz CT molecular complexity index is 1970. The number of nitrogens with one attached hydrogen (secondary N) is 1. The second kappa shape index (κ2) is 11.7. The van der Waals surface area contributed by atoms with Gasteiger partial charge in [0, 0.05) is 23.3 Å². The molecule has 1 fully saturated rings. The van der Waals surface area contributed by atoms with Crippen molar-refractivity contribution in [2.75, 3.05) is 10.8 Å². The average molecular weight is 630 g/mol. The van der Waals surface area contributed by atoms with Crippen LogP contribution in [0.1, 0.15) is 22.5 Å². The summed E-state index contributed by atoms with van der Waals surface area (Å²) in [4.78, 5) is 16.5. The molecule has 7 nitrogen and oxygen atoms in total. The number of benzene rings is 4. The molecule has 0 spiro atoms. The van der Waals surface area contributed by atoms with Crippen LogP contribution in [0.5, 0.6) is 0 Å². The van der Waals surface area contributed by atoms with E-state index in [2.05, 4.69) is 55.5 Å². The molecular weight excluding hydrogens is 603 g/mol. The van der Waals surface area contributed by atoms with Gasteiger partial charge in [0.25, 0.3) is 5.91 Å². The van der Waals surface area contributed by atoms with Crippen molar-refractivity contribution in [3.63, 3.8) is 0 Å². The first kappa shape index (κ1) is 28.7. The fraction of sp³-hybridized carbons (Fsp3) is 0.0909. The zero-order valence-electron chi connectivity index (χ0n) is 23.0. The molecule has 10 heteroatoms. The van der Waals surface area contributed by atoms with Crippen molar-refractivity contribution in [2.24, 2.45) is 0 Å². The minimum atomic E-state index is -3.87. The second-order valence-corrected chi connectivity index (χ2v) is 12.7. The van der Waals surface area contributed by atoms with E-state index >= 15 is 0 Å². The number of carbonyl (C=O) groups excluding carboxylic acids is 1. The van der Waals surface area contributed by atoms with E-state index in [0.717, 1.165) is 26.6 Å². The summed E-state index contributed by atoms with van der Waals surface area (Å²) in [6.07, 6.45) is 5.89. The third-order valence-electron chi connectivity index (χ3n) is 7.10. The van der Waals surface area contributed by atoms with Gasteiger partial charge in [-0.1, -0.05) is 95.5 Å². The molecule has 0 atom stereocenters. The van der Waals surface area contributed by atoms with E-state index in [1.807, 2.05) is 45.8 Å². The van der Waals surface area contributed by atoms with Crippen molar-refractivity contribution in [3.05, 3.63) is 130 Å². The number of carbonyl (C=O) groups is 1. The number of halogens is 2. The molecule has 0 unspecified atom stereocenters. The summed E-state index contributed by atoms with van der Waals surface area (Å²) < 4.78 is 29.5. The number of rotatable bonds is 7. The van der Waals surface area contributed by atoms with Gasteiger partial charge in [-0.05, 0) is 65.6 Å². The van der Waals surface area contributed by atoms with Crippen LogP contribution in [-0.4, -0.2) is 30.4 Å². The molecule has 0 radical (unpaired) electrons. The van der Waals surface area contributed by atoms with Gasteiger partial charge in [-0.2, -0.15) is 8.42 Å². The van der Waals surface area contributed by atoms with Gasteiger partial charge in [0.2, 0.25) is 0 Å². The van der Waals surface area contributed by atoms with Crippen LogP contribution in [0.3, 0.4) is 0 Å². The number of hydrogen-bond donors (Lipinski definition) is 1. The first-order chi connectivity index (χ1) is 20.6. The molecule has 216 valence electrons. The smallest absolute Gasteiger partial charge is 0.326 e. The number of anilines is 1. The highest BCUT2D eigenvalue weighted by molar-refractivity contribution is 7.92. The molecule has 0 bridgehead atoms. The summed E-state index contributed by atoms with van der Waals surface area (Å²) in [6, 6.07) is 29.1. The molecule has 0 aliphatic carbocycles. The van der Waals surface area contributed by atoms with Crippen molar-refractivity contribution in [3.8, 4) is 22.4 Å². The Kier molecular flexibility index (Phi) is 7.83. The van der Waals surface area contributed by atoms with Crippen LogP contribution in [0.4, 0.5) is 5.69 Å². The summed E-state index contributed by atoms with van der Waals surface area (Å²) in [6.45, 7) is 2.31. The summed E-state index contributed by atoms with van der Waals surface area (Å²) in [5, 5.41) is 1.04. The third kappa shape index (κ3) is 6.37. The maximum atomic E-state index is 12.2. The van der Waals surface area contributed by atoms with Gasteiger partial charge >= 0.3 is 10.2 Å². The minimum Gasteiger partial charge on any atom is -0.326 e. The Morgan fingerprint density at radius 2 is 1.67 bits per heavy atom. The van der Waals surface area contributed by atoms with Crippen LogP contribution in [0.2, 0.25) is 10.0 Å². The Balaban J connectivity index is 1.29. The summed E-state index contributed by atoms with van der Waals surface area (Å²) in [5.41, 5.74) is 7.34. The number of aryl methyl sites for hydroxylation is 1. The van der Waals surface area contributed by atoms with Gasteiger partial charge < -0.3 is 4.57 Å². The summed E-state index contributed by atoms with van der Waals surface area (Å²) >= 11 is 12.6. The van der Waals surface area contributed by atoms with Crippen molar-refractivity contribution >= 4 is 57.2 Å². The topological polar surface area (TPSA) is 84.3 Å². The summed E-state index contributed by atoms with van der Waals surface area (Å²) in [7, 11) is -3.87. The van der Waals surface area contributed by atoms with Gasteiger partial charge in [0.1, 0.15) is 12.4 Å². The quantitative estimate of drug-likeness (QED) is 0.206. The Labute approximate surface area is 260 Å². The van der Waals surface area contributed by atoms with Crippen molar-refractivity contribution in [1.82, 2.24) is 14.3 Å². The number of imidazole rings is 1. The van der Waals surface area contributed by atoms with Crippen LogP contribution in [-0.2, 0) is 21.5 Å². The largest absolute Gasteiger partial charge is 0.326 e. The zero-order valence-corrected chi connectivity index (χ0v) is 25.4. The number of amides is 1. The molecular formula is C33H26Cl2N4O3S. The number of nitrogens with zero attached hydrogens (tertiary/aromatic N) is 3. The van der Waals surface area contributed by atoms with Crippen LogP contribution in [0.15, 0.2) is 97.2 Å². The lowest BCUT2D eigenvalue weighted by Crippen LogP contribution is -2.29. The predicted octanol–water partition coefficient (Wildman–Crippen LogP) is 7.23. The van der Waals surface area contributed by atoms with Crippen LogP contribution >= 0.6 is 23.2 Å². The van der Waals surface area contributed by atoms with Crippen LogP contribution in [0.25, 0.3) is 34.5 Å². The van der Waals surface area contributed by atoms with E-state index in [4.69, 9.17) is 28.2 Å². The van der Waals surface area contributed by atoms with E-state index in [0.29, 0.717) is 33.8 Å². The van der Waals surface area contributed by atoms with E-state index in [-0.39, 0.29) is 6.54 Å². The van der Waals surface area contributed by atoms with Crippen molar-refractivity contribution < 1.29 is 13.2 Å². The molecule has 1 aliphatic heterocycles. The SMILES string of the molecule is Cc1cccc(-c2ccc(C=Cc3nc(-c4ccc(Cl)cc4Cl)cn3Cc3ccc(N4CC(=O)NS4(=O)=O)cc3)cc2)c1. The molecule has 1 aliphatic rings. The van der Waals surface area contributed by atoms with E-state index in [1.54, 1.807) is 24.3 Å². The molecule has 1 N–H and O–H groups in total. The molecule has 43 heavy (non-hydrogen) atoms. The van der Waals surface area contributed by atoms with E-state index in [1.165, 1.54) is 11.1 Å². The lowest BCUT2D eigenvalue weighted by molar-refractivity contribution is -0.117. The van der Waals surface area contributed by atoms with Crippen molar-refractivity contribution in [2.45, 2.75) is 13.5 Å². The van der Waals surface area contributed by atoms with Gasteiger partial charge in [0.05, 0.1) is 16.4 Å². The van der Waals surface area contributed by atoms with Crippen LogP contribution in [0, 0.1) is 6.92 Å². The van der Waals surface area contributed by atoms with Gasteiger partial charge in [-0.3, -0.25) is 4.79 Å². The fourth-order valence-corrected chi connectivity index (χ4v) is 6.59. The zero-order chi connectivity index (χ0) is 30.1. The Morgan fingerprint density at radius 1 is 0.907 bits per heavy atom. The lowest BCUT2D eigenvalue weighted by Gasteiger charge is -2.15. The second-order valence-electron chi connectivity index (χ2n) is 10.3. The first-order valence-electron chi connectivity index (χ1n) is 13.4. The molecule has 0 saturated carbocycles. The highest BCUT2D eigenvalue weighted by Gasteiger charge is 2.33. The lowest BCUT2D eigenvalue weighted by atomic mass is 10.0. The normalized spacial score (nSPS) is 14.4. The van der Waals surface area contributed by atoms with Crippen molar-refractivity contribution in [1.29, 1.82) is 0 Å². The molecule has 5 aromatic rings. The van der Waals surface area contributed by atoms with Gasteiger partial charge in [-0.25, -0.2) is 14.0 Å². The number of aromatic nitrogens is 2. The average Bonchev–Trinajstić information content (AvgIpc) is 3.50. The molecule has 4 aromatic carbocycles. The third-order valence-corrected chi connectivity index (χ3v) is 9.05. The molecule has 2 heterocycles. The van der Waals surface area contributed by atoms with E-state index in [9.17, 15) is 13.2 Å². The Hall–Kier alpha value is -4.37. The number of hydrogen-bond acceptors (Lipinski definition) is 4. The van der Waals surface area contributed by atoms with Crippen LogP contribution < -0.4 is 9.03 Å². The maximum absolute atomic E-state index is 12.2. The summed E-state index contributed by atoms with van der Waals surface area (Å²) in [5.74, 6) is 0.155. The highest BCUT2D eigenvalue weighted by Crippen LogP contribution is 2.31. The minimum absolute atomic E-state index is 0.241. The maximum Gasteiger partial charge on any atom is 0.326 e. The molecule has 6 rings (SSSR count). The fourth-order valence-electron chi connectivity index (χ4n) is 4.94. The van der Waals surface area contributed by atoms with E-state index < -0.39 is 16.1 Å². The van der Waals surface area contributed by atoms with Gasteiger partial charge in [0.15, 0.2) is 0 Å². The highest BCUT2D eigenvalue weighted by atomic mass is 35.5. The first-order valence-corrected chi connectivity index (χ1v) is 15.6. The van der Waals surface area contributed by atoms with Gasteiger partial charge in [-0.15, -0.1) is 0 Å². The standard InChI is InChI=1S/C33H26Cl2N4O3S/c1-22-3-2-4-26(17-22)25-10-5-23(6-11-25)9-16-32-36-31(29-15-12-27(34)18-30(29)35)20-38(32)19-24-7-13-28(14-8-24)39-21-33(40)37-43(39,41)42/h2-18,20H,19,21H2,1H3,(H,37,40). The molecule has 1 saturated heterocycles. The Morgan fingerprint density at radius 3 is 2.35 bits per heavy atom. The molecule has 1 amide bonds. The predicted molar refractivity (Wildman–Crippen MR) is 173 cm³/mol.